The minimum Gasteiger partial charge on any atom is -0.206 e. The molecule has 0 atom stereocenters. The topological polar surface area (TPSA) is 0 Å². The maximum absolute atomic E-state index is 14.1. The number of rotatable bonds is 3. The molecule has 0 N–H and O–H groups in total. The van der Waals surface area contributed by atoms with Gasteiger partial charge in [0.15, 0.2) is 5.83 Å². The second-order valence-corrected chi connectivity index (χ2v) is 4.02. The van der Waals surface area contributed by atoms with E-state index in [1.807, 2.05) is 0 Å². The highest BCUT2D eigenvalue weighted by Crippen LogP contribution is 2.31. The van der Waals surface area contributed by atoms with Gasteiger partial charge in [0, 0.05) is 11.1 Å². The van der Waals surface area contributed by atoms with Crippen LogP contribution in [0.1, 0.15) is 16.7 Å². The van der Waals surface area contributed by atoms with Crippen molar-refractivity contribution in [3.63, 3.8) is 0 Å². The predicted molar refractivity (Wildman–Crippen MR) is 72.1 cm³/mol. The van der Waals surface area contributed by atoms with Crippen molar-refractivity contribution in [3.05, 3.63) is 77.4 Å². The van der Waals surface area contributed by atoms with Gasteiger partial charge in [0.25, 0.3) is 0 Å². The van der Waals surface area contributed by atoms with Gasteiger partial charge < -0.3 is 0 Å². The molecule has 4 heteroatoms. The van der Waals surface area contributed by atoms with Crippen LogP contribution in [-0.4, -0.2) is 0 Å². The Balaban J connectivity index is 2.49. The normalized spacial score (nSPS) is 11.3. The molecule has 0 bridgehead atoms. The fourth-order valence-corrected chi connectivity index (χ4v) is 1.76. The molecule has 2 aromatic carbocycles. The summed E-state index contributed by atoms with van der Waals surface area (Å²) >= 11 is 0. The Kier molecular flexibility index (Phi) is 4.35. The average Bonchev–Trinajstić information content (AvgIpc) is 2.47. The van der Waals surface area contributed by atoms with Crippen molar-refractivity contribution < 1.29 is 17.6 Å². The van der Waals surface area contributed by atoms with E-state index in [4.69, 9.17) is 0 Å². The number of benzene rings is 2. The van der Waals surface area contributed by atoms with Gasteiger partial charge in [0.2, 0.25) is 0 Å². The Morgan fingerprint density at radius 3 is 1.85 bits per heavy atom. The highest BCUT2D eigenvalue weighted by molar-refractivity contribution is 5.82. The molecule has 0 aliphatic carbocycles. The molecule has 0 saturated heterocycles. The van der Waals surface area contributed by atoms with Crippen molar-refractivity contribution in [2.45, 2.75) is 0 Å². The molecular formula is C16H10F4. The lowest BCUT2D eigenvalue weighted by molar-refractivity contribution is 0.410. The summed E-state index contributed by atoms with van der Waals surface area (Å²) in [6, 6.07) is 13.7. The van der Waals surface area contributed by atoms with Gasteiger partial charge in [-0.25, -0.2) is 8.78 Å². The van der Waals surface area contributed by atoms with Gasteiger partial charge in [-0.1, -0.05) is 54.6 Å². The maximum Gasteiger partial charge on any atom is 0.306 e. The molecule has 0 aliphatic heterocycles. The summed E-state index contributed by atoms with van der Waals surface area (Å²) in [5.74, 6) is -2.49. The highest BCUT2D eigenvalue weighted by atomic mass is 19.3. The smallest absolute Gasteiger partial charge is 0.206 e. The van der Waals surface area contributed by atoms with Crippen LogP contribution in [0.3, 0.4) is 0 Å². The Bertz CT molecular complexity index is 653. The summed E-state index contributed by atoms with van der Waals surface area (Å²) in [7, 11) is 0. The fraction of sp³-hybridized carbons (Fsp3) is 0. The third-order valence-electron chi connectivity index (χ3n) is 2.68. The van der Waals surface area contributed by atoms with E-state index in [1.54, 1.807) is 30.3 Å². The molecule has 2 rings (SSSR count). The van der Waals surface area contributed by atoms with Gasteiger partial charge >= 0.3 is 6.08 Å². The molecule has 0 aromatic heterocycles. The molecule has 0 saturated carbocycles. The Labute approximate surface area is 113 Å². The van der Waals surface area contributed by atoms with Crippen LogP contribution in [0.5, 0.6) is 0 Å². The summed E-state index contributed by atoms with van der Waals surface area (Å²) in [5.41, 5.74) is -0.108. The first-order chi connectivity index (χ1) is 9.59. The molecule has 0 heterocycles. The summed E-state index contributed by atoms with van der Waals surface area (Å²) in [6.45, 7) is 0. The van der Waals surface area contributed by atoms with Gasteiger partial charge in [-0.15, -0.1) is 0 Å². The van der Waals surface area contributed by atoms with Crippen LogP contribution < -0.4 is 0 Å². The van der Waals surface area contributed by atoms with E-state index in [9.17, 15) is 17.6 Å². The van der Waals surface area contributed by atoms with Gasteiger partial charge in [-0.05, 0) is 11.6 Å². The van der Waals surface area contributed by atoms with E-state index in [2.05, 4.69) is 0 Å². The molecule has 0 aliphatic rings. The molecule has 2 aromatic rings. The quantitative estimate of drug-likeness (QED) is 0.500. The average molecular weight is 278 g/mol. The zero-order valence-electron chi connectivity index (χ0n) is 10.3. The predicted octanol–water partition coefficient (Wildman–Crippen LogP) is 5.69. The van der Waals surface area contributed by atoms with Crippen LogP contribution in [0.2, 0.25) is 0 Å². The van der Waals surface area contributed by atoms with Gasteiger partial charge in [-0.3, -0.25) is 0 Å². The van der Waals surface area contributed by atoms with Gasteiger partial charge in [0.05, 0.1) is 0 Å². The summed E-state index contributed by atoms with van der Waals surface area (Å²) in [5, 5.41) is 0. The van der Waals surface area contributed by atoms with Crippen molar-refractivity contribution in [3.8, 4) is 0 Å². The Morgan fingerprint density at radius 2 is 1.25 bits per heavy atom. The van der Waals surface area contributed by atoms with Crippen molar-refractivity contribution >= 4 is 17.7 Å². The fourth-order valence-electron chi connectivity index (χ4n) is 1.76. The molecule has 0 spiro atoms. The van der Waals surface area contributed by atoms with Crippen LogP contribution in [0.4, 0.5) is 17.6 Å². The first kappa shape index (κ1) is 14.1. The van der Waals surface area contributed by atoms with E-state index in [1.165, 1.54) is 24.3 Å². The SMILES string of the molecule is FC(=Cc1ccccc1)c1ccccc1C(F)=C(F)F. The maximum atomic E-state index is 14.1. The molecule has 0 unspecified atom stereocenters. The summed E-state index contributed by atoms with van der Waals surface area (Å²) in [6.07, 6.45) is -1.30. The monoisotopic (exact) mass is 278 g/mol. The number of hydrogen-bond acceptors (Lipinski definition) is 0. The molecular weight excluding hydrogens is 268 g/mol. The van der Waals surface area contributed by atoms with E-state index in [0.717, 1.165) is 6.07 Å². The standard InChI is InChI=1S/C16H10F4/c17-14(10-11-6-2-1-3-7-11)12-8-4-5-9-13(12)15(18)16(19)20/h1-10H. The first-order valence-corrected chi connectivity index (χ1v) is 5.82. The van der Waals surface area contributed by atoms with E-state index in [0.29, 0.717) is 5.56 Å². The lowest BCUT2D eigenvalue weighted by atomic mass is 10.0. The molecule has 0 radical (unpaired) electrons. The second-order valence-electron chi connectivity index (χ2n) is 4.02. The van der Waals surface area contributed by atoms with E-state index in [-0.39, 0.29) is 5.56 Å². The lowest BCUT2D eigenvalue weighted by Crippen LogP contribution is -1.89. The third-order valence-corrected chi connectivity index (χ3v) is 2.68. The van der Waals surface area contributed by atoms with E-state index < -0.39 is 23.3 Å². The molecule has 0 nitrogen and oxygen atoms in total. The number of hydrogen-bond donors (Lipinski definition) is 0. The van der Waals surface area contributed by atoms with Crippen LogP contribution >= 0.6 is 0 Å². The van der Waals surface area contributed by atoms with E-state index >= 15 is 0 Å². The van der Waals surface area contributed by atoms with Crippen LogP contribution in [-0.2, 0) is 0 Å². The lowest BCUT2D eigenvalue weighted by Gasteiger charge is -2.05. The first-order valence-electron chi connectivity index (χ1n) is 5.82. The molecule has 20 heavy (non-hydrogen) atoms. The highest BCUT2D eigenvalue weighted by Gasteiger charge is 2.15. The number of halogens is 4. The largest absolute Gasteiger partial charge is 0.306 e. The van der Waals surface area contributed by atoms with Crippen molar-refractivity contribution in [2.24, 2.45) is 0 Å². The van der Waals surface area contributed by atoms with Crippen molar-refractivity contribution in [2.75, 3.05) is 0 Å². The van der Waals surface area contributed by atoms with Crippen molar-refractivity contribution in [1.82, 2.24) is 0 Å². The zero-order chi connectivity index (χ0) is 14.5. The molecule has 0 fully saturated rings. The van der Waals surface area contributed by atoms with Crippen LogP contribution in [0, 0.1) is 0 Å². The van der Waals surface area contributed by atoms with Gasteiger partial charge in [-0.2, -0.15) is 8.78 Å². The molecule has 102 valence electrons. The van der Waals surface area contributed by atoms with Crippen LogP contribution in [0.15, 0.2) is 60.7 Å². The van der Waals surface area contributed by atoms with Crippen LogP contribution in [0.25, 0.3) is 17.7 Å². The summed E-state index contributed by atoms with van der Waals surface area (Å²) < 4.78 is 52.2. The minimum atomic E-state index is -2.47. The summed E-state index contributed by atoms with van der Waals surface area (Å²) in [4.78, 5) is 0. The zero-order valence-corrected chi connectivity index (χ0v) is 10.3. The Hall–Kier alpha value is -2.36. The molecule has 0 amide bonds. The second kappa shape index (κ2) is 6.19. The van der Waals surface area contributed by atoms with Crippen molar-refractivity contribution in [1.29, 1.82) is 0 Å². The minimum absolute atomic E-state index is 0.207. The Morgan fingerprint density at radius 1 is 0.700 bits per heavy atom. The third kappa shape index (κ3) is 3.15. The van der Waals surface area contributed by atoms with Gasteiger partial charge in [0.1, 0.15) is 5.83 Å².